The van der Waals surface area contributed by atoms with Crippen molar-refractivity contribution in [2.75, 3.05) is 19.7 Å². The van der Waals surface area contributed by atoms with Crippen molar-refractivity contribution in [1.82, 2.24) is 4.90 Å². The fourth-order valence-corrected chi connectivity index (χ4v) is 2.09. The van der Waals surface area contributed by atoms with Crippen LogP contribution in [0.2, 0.25) is 0 Å². The molecule has 1 atom stereocenters. The first-order chi connectivity index (χ1) is 6.59. The lowest BCUT2D eigenvalue weighted by atomic mass is 10.0. The van der Waals surface area contributed by atoms with Crippen LogP contribution in [-0.4, -0.2) is 42.2 Å². The first-order valence-electron chi connectivity index (χ1n) is 5.29. The summed E-state index contributed by atoms with van der Waals surface area (Å²) in [6.07, 6.45) is 2.68. The third kappa shape index (κ3) is 1.71. The predicted molar refractivity (Wildman–Crippen MR) is 56.2 cm³/mol. The summed E-state index contributed by atoms with van der Waals surface area (Å²) in [6.45, 7) is 6.93. The van der Waals surface area contributed by atoms with E-state index in [0.717, 1.165) is 26.1 Å². The van der Waals surface area contributed by atoms with E-state index in [1.54, 1.807) is 0 Å². The monoisotopic (exact) mass is 197 g/mol. The second-order valence-corrected chi connectivity index (χ2v) is 4.73. The van der Waals surface area contributed by atoms with Crippen molar-refractivity contribution >= 4 is 5.96 Å². The standard InChI is InChI=1S/C10H19N3O/c1-10(2)7-12-9(11)13(10)6-8-4-3-5-14-8/h8H,3-7H2,1-2H3,(H2,11,12). The number of hydrogen-bond acceptors (Lipinski definition) is 4. The van der Waals surface area contributed by atoms with E-state index in [2.05, 4.69) is 23.7 Å². The van der Waals surface area contributed by atoms with Crippen LogP contribution in [0.1, 0.15) is 26.7 Å². The van der Waals surface area contributed by atoms with Crippen LogP contribution < -0.4 is 5.73 Å². The van der Waals surface area contributed by atoms with Crippen LogP contribution >= 0.6 is 0 Å². The van der Waals surface area contributed by atoms with Crippen LogP contribution in [0.4, 0.5) is 0 Å². The Bertz CT molecular complexity index is 244. The van der Waals surface area contributed by atoms with E-state index in [4.69, 9.17) is 10.5 Å². The van der Waals surface area contributed by atoms with Gasteiger partial charge in [0.05, 0.1) is 18.2 Å². The van der Waals surface area contributed by atoms with Gasteiger partial charge in [-0.15, -0.1) is 0 Å². The molecule has 2 heterocycles. The Hall–Kier alpha value is -0.770. The molecule has 80 valence electrons. The summed E-state index contributed by atoms with van der Waals surface area (Å²) < 4.78 is 5.60. The van der Waals surface area contributed by atoms with E-state index in [9.17, 15) is 0 Å². The Morgan fingerprint density at radius 1 is 1.64 bits per heavy atom. The molecule has 1 unspecified atom stereocenters. The predicted octanol–water partition coefficient (Wildman–Crippen LogP) is 0.574. The summed E-state index contributed by atoms with van der Waals surface area (Å²) in [5, 5.41) is 0. The fraction of sp³-hybridized carbons (Fsp3) is 0.900. The van der Waals surface area contributed by atoms with Gasteiger partial charge in [0.25, 0.3) is 0 Å². The summed E-state index contributed by atoms with van der Waals surface area (Å²) in [4.78, 5) is 6.45. The van der Waals surface area contributed by atoms with Crippen LogP contribution in [0.3, 0.4) is 0 Å². The molecule has 0 radical (unpaired) electrons. The first kappa shape index (κ1) is 9.77. The molecule has 4 nitrogen and oxygen atoms in total. The van der Waals surface area contributed by atoms with E-state index in [1.807, 2.05) is 0 Å². The van der Waals surface area contributed by atoms with Gasteiger partial charge in [0.1, 0.15) is 0 Å². The molecule has 0 aliphatic carbocycles. The lowest BCUT2D eigenvalue weighted by Crippen LogP contribution is -2.50. The highest BCUT2D eigenvalue weighted by Gasteiger charge is 2.35. The van der Waals surface area contributed by atoms with E-state index >= 15 is 0 Å². The second-order valence-electron chi connectivity index (χ2n) is 4.73. The molecular formula is C10H19N3O. The Kier molecular flexibility index (Phi) is 2.39. The topological polar surface area (TPSA) is 50.8 Å². The van der Waals surface area contributed by atoms with Crippen molar-refractivity contribution in [2.45, 2.75) is 38.3 Å². The minimum absolute atomic E-state index is 0.0655. The quantitative estimate of drug-likeness (QED) is 0.704. The number of guanidine groups is 1. The molecule has 2 rings (SSSR count). The zero-order valence-corrected chi connectivity index (χ0v) is 8.99. The molecule has 4 heteroatoms. The molecule has 0 saturated carbocycles. The van der Waals surface area contributed by atoms with Crippen molar-refractivity contribution in [3.8, 4) is 0 Å². The minimum atomic E-state index is 0.0655. The van der Waals surface area contributed by atoms with Gasteiger partial charge in [0.2, 0.25) is 0 Å². The third-order valence-corrected chi connectivity index (χ3v) is 3.05. The minimum Gasteiger partial charge on any atom is -0.376 e. The highest BCUT2D eigenvalue weighted by atomic mass is 16.5. The van der Waals surface area contributed by atoms with Gasteiger partial charge in [-0.3, -0.25) is 4.99 Å². The smallest absolute Gasteiger partial charge is 0.191 e. The molecule has 1 fully saturated rings. The number of hydrogen-bond donors (Lipinski definition) is 1. The average Bonchev–Trinajstić information content (AvgIpc) is 2.69. The first-order valence-corrected chi connectivity index (χ1v) is 5.29. The van der Waals surface area contributed by atoms with Crippen molar-refractivity contribution in [3.05, 3.63) is 0 Å². The maximum atomic E-state index is 5.85. The van der Waals surface area contributed by atoms with E-state index < -0.39 is 0 Å². The van der Waals surface area contributed by atoms with Gasteiger partial charge in [-0.1, -0.05) is 0 Å². The molecule has 0 bridgehead atoms. The molecule has 0 spiro atoms. The molecule has 2 aliphatic heterocycles. The Balaban J connectivity index is 1.98. The molecule has 2 aliphatic rings. The highest BCUT2D eigenvalue weighted by Crippen LogP contribution is 2.23. The molecule has 0 aromatic heterocycles. The maximum absolute atomic E-state index is 5.85. The van der Waals surface area contributed by atoms with Crippen LogP contribution in [0.5, 0.6) is 0 Å². The largest absolute Gasteiger partial charge is 0.376 e. The van der Waals surface area contributed by atoms with Crippen molar-refractivity contribution < 1.29 is 4.74 Å². The zero-order chi connectivity index (χ0) is 10.2. The van der Waals surface area contributed by atoms with Crippen molar-refractivity contribution in [3.63, 3.8) is 0 Å². The lowest BCUT2D eigenvalue weighted by Gasteiger charge is -2.34. The summed E-state index contributed by atoms with van der Waals surface area (Å²) in [5.41, 5.74) is 5.92. The van der Waals surface area contributed by atoms with Gasteiger partial charge in [-0.2, -0.15) is 0 Å². The van der Waals surface area contributed by atoms with Gasteiger partial charge in [-0.05, 0) is 26.7 Å². The van der Waals surface area contributed by atoms with E-state index in [0.29, 0.717) is 12.1 Å². The summed E-state index contributed by atoms with van der Waals surface area (Å²) in [6, 6.07) is 0. The Morgan fingerprint density at radius 2 is 2.43 bits per heavy atom. The zero-order valence-electron chi connectivity index (χ0n) is 8.99. The fourth-order valence-electron chi connectivity index (χ4n) is 2.09. The highest BCUT2D eigenvalue weighted by molar-refractivity contribution is 5.80. The maximum Gasteiger partial charge on any atom is 0.191 e. The van der Waals surface area contributed by atoms with Gasteiger partial charge in [0.15, 0.2) is 5.96 Å². The number of nitrogens with two attached hydrogens (primary N) is 1. The molecule has 1 saturated heterocycles. The van der Waals surface area contributed by atoms with Crippen molar-refractivity contribution in [1.29, 1.82) is 0 Å². The summed E-state index contributed by atoms with van der Waals surface area (Å²) >= 11 is 0. The number of nitrogens with zero attached hydrogens (tertiary/aromatic N) is 2. The van der Waals surface area contributed by atoms with Gasteiger partial charge in [0, 0.05) is 13.2 Å². The van der Waals surface area contributed by atoms with E-state index in [1.165, 1.54) is 6.42 Å². The Morgan fingerprint density at radius 3 is 2.93 bits per heavy atom. The number of aliphatic imine (C=N–C) groups is 1. The SMILES string of the molecule is CC1(C)CN=C(N)N1CC1CCCO1. The van der Waals surface area contributed by atoms with Gasteiger partial charge >= 0.3 is 0 Å². The molecule has 0 aromatic rings. The van der Waals surface area contributed by atoms with Crippen molar-refractivity contribution in [2.24, 2.45) is 10.7 Å². The second kappa shape index (κ2) is 3.42. The number of ether oxygens (including phenoxy) is 1. The number of rotatable bonds is 2. The van der Waals surface area contributed by atoms with Crippen LogP contribution in [0, 0.1) is 0 Å². The van der Waals surface area contributed by atoms with Crippen LogP contribution in [0.25, 0.3) is 0 Å². The van der Waals surface area contributed by atoms with Crippen LogP contribution in [0.15, 0.2) is 4.99 Å². The average molecular weight is 197 g/mol. The molecule has 14 heavy (non-hydrogen) atoms. The summed E-state index contributed by atoms with van der Waals surface area (Å²) in [5.74, 6) is 0.672. The van der Waals surface area contributed by atoms with Gasteiger partial charge in [-0.25, -0.2) is 0 Å². The molecular weight excluding hydrogens is 178 g/mol. The van der Waals surface area contributed by atoms with Gasteiger partial charge < -0.3 is 15.4 Å². The molecule has 0 amide bonds. The lowest BCUT2D eigenvalue weighted by molar-refractivity contribution is 0.0733. The molecule has 0 aromatic carbocycles. The third-order valence-electron chi connectivity index (χ3n) is 3.05. The normalized spacial score (nSPS) is 30.9. The summed E-state index contributed by atoms with van der Waals surface area (Å²) in [7, 11) is 0. The van der Waals surface area contributed by atoms with Crippen LogP contribution in [-0.2, 0) is 4.74 Å². The Labute approximate surface area is 85.1 Å². The van der Waals surface area contributed by atoms with E-state index in [-0.39, 0.29) is 5.54 Å². The molecule has 2 N–H and O–H groups in total.